The van der Waals surface area contributed by atoms with Gasteiger partial charge in [0.2, 0.25) is 6.41 Å². The van der Waals surface area contributed by atoms with Crippen molar-refractivity contribution in [3.8, 4) is 0 Å². The highest BCUT2D eigenvalue weighted by atomic mass is 32.2. The average Bonchev–Trinajstić information content (AvgIpc) is 2.41. The van der Waals surface area contributed by atoms with E-state index in [1.165, 1.54) is 11.8 Å². The molecule has 102 valence electrons. The summed E-state index contributed by atoms with van der Waals surface area (Å²) in [5, 5.41) is 11.1. The molecule has 2 heterocycles. The summed E-state index contributed by atoms with van der Waals surface area (Å²) in [5.41, 5.74) is 0.193. The molecule has 0 spiro atoms. The molecule has 1 saturated heterocycles. The molecule has 1 fully saturated rings. The number of carboxylic acid groups (broad SMARTS) is 1. The number of fused-ring (bicyclic) bond motifs is 1. The third-order valence-electron chi connectivity index (χ3n) is 2.82. The van der Waals surface area contributed by atoms with Gasteiger partial charge in [0, 0.05) is 11.3 Å². The molecule has 0 bridgehead atoms. The van der Waals surface area contributed by atoms with Gasteiger partial charge >= 0.3 is 5.97 Å². The molecule has 0 radical (unpaired) electrons. The van der Waals surface area contributed by atoms with Crippen LogP contribution in [0, 0.1) is 0 Å². The molecule has 2 amide bonds. The number of thioether (sulfide) groups is 1. The molecule has 9 heteroatoms. The molecular formula is C10H10N2O6S. The van der Waals surface area contributed by atoms with E-state index in [4.69, 9.17) is 5.11 Å². The first-order valence-electron chi connectivity index (χ1n) is 5.26. The number of nitrogens with zero attached hydrogens (tertiary/aromatic N) is 1. The van der Waals surface area contributed by atoms with Crippen molar-refractivity contribution in [1.82, 2.24) is 10.2 Å². The van der Waals surface area contributed by atoms with Gasteiger partial charge in [0.05, 0.1) is 0 Å². The predicted molar refractivity (Wildman–Crippen MR) is 62.8 cm³/mol. The van der Waals surface area contributed by atoms with Gasteiger partial charge in [0.25, 0.3) is 12.4 Å². The first-order valence-corrected chi connectivity index (χ1v) is 6.31. The summed E-state index contributed by atoms with van der Waals surface area (Å²) < 4.78 is 4.55. The number of rotatable bonds is 6. The monoisotopic (exact) mass is 286 g/mol. The van der Waals surface area contributed by atoms with Crippen LogP contribution >= 0.6 is 11.8 Å². The standard InChI is InChI=1S/C10H10N2O6S/c13-3-11-6-8(15)12-7(10(16)17)5(1-18-4-14)2-19-9(6)12/h3-4,6,9H,1-2H2,(H,11,13)(H,16,17)/t6-,9-/m1/s1. The van der Waals surface area contributed by atoms with Crippen LogP contribution in [0.25, 0.3) is 0 Å². The van der Waals surface area contributed by atoms with Crippen LogP contribution in [0.1, 0.15) is 0 Å². The van der Waals surface area contributed by atoms with Crippen LogP contribution in [0.15, 0.2) is 11.3 Å². The van der Waals surface area contributed by atoms with E-state index in [-0.39, 0.29) is 18.8 Å². The maximum absolute atomic E-state index is 11.8. The second-order valence-corrected chi connectivity index (χ2v) is 4.94. The normalized spacial score (nSPS) is 25.3. The highest BCUT2D eigenvalue weighted by Gasteiger charge is 2.53. The highest BCUT2D eigenvalue weighted by Crippen LogP contribution is 2.40. The minimum absolute atomic E-state index is 0.166. The zero-order chi connectivity index (χ0) is 14.0. The summed E-state index contributed by atoms with van der Waals surface area (Å²) in [4.78, 5) is 44.7. The molecule has 2 aliphatic rings. The third kappa shape index (κ3) is 2.16. The Bertz CT molecular complexity index is 477. The van der Waals surface area contributed by atoms with Gasteiger partial charge in [0.15, 0.2) is 0 Å². The van der Waals surface area contributed by atoms with Gasteiger partial charge in [-0.1, -0.05) is 0 Å². The summed E-state index contributed by atoms with van der Waals surface area (Å²) in [6, 6.07) is -0.703. The van der Waals surface area contributed by atoms with Crippen molar-refractivity contribution < 1.29 is 29.0 Å². The van der Waals surface area contributed by atoms with Gasteiger partial charge in [-0.3, -0.25) is 19.3 Å². The average molecular weight is 286 g/mol. The lowest BCUT2D eigenvalue weighted by atomic mass is 10.0. The quantitative estimate of drug-likeness (QED) is 0.452. The van der Waals surface area contributed by atoms with Crippen LogP contribution in [-0.4, -0.2) is 58.5 Å². The Morgan fingerprint density at radius 3 is 2.89 bits per heavy atom. The van der Waals surface area contributed by atoms with E-state index in [1.54, 1.807) is 0 Å². The molecular weight excluding hydrogens is 276 g/mol. The van der Waals surface area contributed by atoms with Crippen LogP contribution < -0.4 is 5.32 Å². The van der Waals surface area contributed by atoms with Crippen molar-refractivity contribution in [1.29, 1.82) is 0 Å². The number of hydrogen-bond acceptors (Lipinski definition) is 6. The van der Waals surface area contributed by atoms with Crippen molar-refractivity contribution in [2.45, 2.75) is 11.4 Å². The lowest BCUT2D eigenvalue weighted by molar-refractivity contribution is -0.150. The van der Waals surface area contributed by atoms with Gasteiger partial charge in [-0.2, -0.15) is 0 Å². The first-order chi connectivity index (χ1) is 9.11. The van der Waals surface area contributed by atoms with Gasteiger partial charge in [-0.15, -0.1) is 11.8 Å². The van der Waals surface area contributed by atoms with E-state index in [9.17, 15) is 19.2 Å². The molecule has 19 heavy (non-hydrogen) atoms. The summed E-state index contributed by atoms with van der Waals surface area (Å²) in [7, 11) is 0. The smallest absolute Gasteiger partial charge is 0.352 e. The van der Waals surface area contributed by atoms with E-state index in [0.717, 1.165) is 4.90 Å². The van der Waals surface area contributed by atoms with Crippen molar-refractivity contribution in [2.24, 2.45) is 0 Å². The molecule has 0 aromatic rings. The molecule has 0 unspecified atom stereocenters. The Morgan fingerprint density at radius 1 is 1.58 bits per heavy atom. The van der Waals surface area contributed by atoms with Crippen LogP contribution in [0.4, 0.5) is 0 Å². The largest absolute Gasteiger partial charge is 0.477 e. The number of carbonyl (C=O) groups excluding carboxylic acids is 3. The second-order valence-electron chi connectivity index (χ2n) is 3.84. The zero-order valence-corrected chi connectivity index (χ0v) is 10.4. The van der Waals surface area contributed by atoms with Crippen LogP contribution in [-0.2, 0) is 23.9 Å². The minimum Gasteiger partial charge on any atom is -0.477 e. The molecule has 2 aliphatic heterocycles. The molecule has 0 aromatic heterocycles. The summed E-state index contributed by atoms with van der Waals surface area (Å²) in [5.74, 6) is -1.42. The van der Waals surface area contributed by atoms with Crippen LogP contribution in [0.5, 0.6) is 0 Å². The molecule has 2 atom stereocenters. The number of nitrogens with one attached hydrogen (secondary N) is 1. The number of carbonyl (C=O) groups is 4. The molecule has 2 rings (SSSR count). The lowest BCUT2D eigenvalue weighted by Crippen LogP contribution is -2.69. The van der Waals surface area contributed by atoms with E-state index < -0.39 is 23.3 Å². The van der Waals surface area contributed by atoms with Crippen molar-refractivity contribution in [3.05, 3.63) is 11.3 Å². The molecule has 2 N–H and O–H groups in total. The van der Waals surface area contributed by atoms with Crippen molar-refractivity contribution >= 4 is 36.5 Å². The van der Waals surface area contributed by atoms with Crippen LogP contribution in [0.3, 0.4) is 0 Å². The SMILES string of the molecule is O=CN[C@@H]1C(=O)N2C(C(=O)O)=C(COC=O)CS[C@H]12. The summed E-state index contributed by atoms with van der Waals surface area (Å²) in [6.07, 6.45) is 0.412. The summed E-state index contributed by atoms with van der Waals surface area (Å²) in [6.45, 7) is 0.0539. The first kappa shape index (κ1) is 13.4. The van der Waals surface area contributed by atoms with Crippen molar-refractivity contribution in [3.63, 3.8) is 0 Å². The van der Waals surface area contributed by atoms with E-state index in [1.807, 2.05) is 0 Å². The minimum atomic E-state index is -1.26. The van der Waals surface area contributed by atoms with Gasteiger partial charge < -0.3 is 15.2 Å². The fraction of sp³-hybridized carbons (Fsp3) is 0.400. The predicted octanol–water partition coefficient (Wildman–Crippen LogP) is -1.47. The van der Waals surface area contributed by atoms with Gasteiger partial charge in [-0.05, 0) is 0 Å². The Kier molecular flexibility index (Phi) is 3.74. The number of hydrogen-bond donors (Lipinski definition) is 2. The number of carboxylic acids is 1. The maximum atomic E-state index is 11.8. The Morgan fingerprint density at radius 2 is 2.32 bits per heavy atom. The van der Waals surface area contributed by atoms with E-state index in [0.29, 0.717) is 17.7 Å². The molecule has 8 nitrogen and oxygen atoms in total. The fourth-order valence-corrected chi connectivity index (χ4v) is 3.36. The Hall–Kier alpha value is -2.03. The number of amides is 2. The summed E-state index contributed by atoms with van der Waals surface area (Å²) >= 11 is 1.31. The van der Waals surface area contributed by atoms with Gasteiger partial charge in [-0.25, -0.2) is 4.79 Å². The van der Waals surface area contributed by atoms with Crippen LogP contribution in [0.2, 0.25) is 0 Å². The second kappa shape index (κ2) is 5.31. The molecule has 0 aromatic carbocycles. The molecule has 0 saturated carbocycles. The number of β-lactam (4-membered cyclic amide) rings is 1. The third-order valence-corrected chi connectivity index (χ3v) is 4.16. The number of ether oxygens (including phenoxy) is 1. The Labute approximate surface area is 111 Å². The number of aliphatic carboxylic acids is 1. The molecule has 0 aliphatic carbocycles. The highest BCUT2D eigenvalue weighted by molar-refractivity contribution is 8.00. The van der Waals surface area contributed by atoms with Crippen molar-refractivity contribution in [2.75, 3.05) is 12.4 Å². The Balaban J connectivity index is 2.25. The fourth-order valence-electron chi connectivity index (χ4n) is 2.02. The lowest BCUT2D eigenvalue weighted by Gasteiger charge is -2.48. The topological polar surface area (TPSA) is 113 Å². The van der Waals surface area contributed by atoms with E-state index >= 15 is 0 Å². The van der Waals surface area contributed by atoms with Gasteiger partial charge in [0.1, 0.15) is 23.7 Å². The zero-order valence-electron chi connectivity index (χ0n) is 9.57. The van der Waals surface area contributed by atoms with E-state index in [2.05, 4.69) is 10.1 Å². The maximum Gasteiger partial charge on any atom is 0.352 e.